The standard InChI is InChI=1S/C19H20FN3O2/c20-14-7-9-15(10-8-14)23-12-17(19(23)25)22-18(24)16(21)11-6-13-4-2-1-3-5-13/h1-5,7-10,16-17H,6,11-12,21H2,(H,22,24)/t16-,17+/m0/s1. The minimum atomic E-state index is -0.659. The van der Waals surface area contributed by atoms with Crippen molar-refractivity contribution in [1.82, 2.24) is 5.32 Å². The quantitative estimate of drug-likeness (QED) is 0.784. The van der Waals surface area contributed by atoms with Crippen molar-refractivity contribution >= 4 is 17.5 Å². The Kier molecular flexibility index (Phi) is 5.09. The van der Waals surface area contributed by atoms with E-state index < -0.39 is 12.1 Å². The molecule has 1 aliphatic rings. The summed E-state index contributed by atoms with van der Waals surface area (Å²) in [5, 5.41) is 2.68. The summed E-state index contributed by atoms with van der Waals surface area (Å²) in [6, 6.07) is 14.2. The van der Waals surface area contributed by atoms with Crippen molar-refractivity contribution in [2.24, 2.45) is 5.73 Å². The van der Waals surface area contributed by atoms with Crippen LogP contribution in [0.5, 0.6) is 0 Å². The van der Waals surface area contributed by atoms with Crippen molar-refractivity contribution in [3.05, 3.63) is 66.0 Å². The van der Waals surface area contributed by atoms with E-state index in [1.807, 2.05) is 30.3 Å². The molecule has 1 aliphatic heterocycles. The first-order chi connectivity index (χ1) is 12.0. The van der Waals surface area contributed by atoms with Crippen molar-refractivity contribution in [3.8, 4) is 0 Å². The van der Waals surface area contributed by atoms with E-state index in [4.69, 9.17) is 5.73 Å². The first-order valence-corrected chi connectivity index (χ1v) is 8.21. The van der Waals surface area contributed by atoms with E-state index in [0.717, 1.165) is 5.56 Å². The molecule has 6 heteroatoms. The molecule has 1 fully saturated rings. The Hall–Kier alpha value is -2.73. The average molecular weight is 341 g/mol. The molecule has 2 amide bonds. The van der Waals surface area contributed by atoms with Gasteiger partial charge in [-0.3, -0.25) is 9.59 Å². The van der Waals surface area contributed by atoms with Crippen molar-refractivity contribution in [2.45, 2.75) is 24.9 Å². The van der Waals surface area contributed by atoms with Gasteiger partial charge in [-0.1, -0.05) is 30.3 Å². The number of nitrogens with two attached hydrogens (primary N) is 1. The summed E-state index contributed by atoms with van der Waals surface area (Å²) < 4.78 is 12.9. The van der Waals surface area contributed by atoms with Crippen LogP contribution in [0.1, 0.15) is 12.0 Å². The van der Waals surface area contributed by atoms with E-state index in [1.54, 1.807) is 0 Å². The van der Waals surface area contributed by atoms with Crippen LogP contribution in [0.15, 0.2) is 54.6 Å². The molecule has 1 saturated heterocycles. The Morgan fingerprint density at radius 1 is 1.20 bits per heavy atom. The number of carbonyl (C=O) groups is 2. The Morgan fingerprint density at radius 2 is 1.88 bits per heavy atom. The number of hydrogen-bond donors (Lipinski definition) is 2. The predicted molar refractivity (Wildman–Crippen MR) is 93.4 cm³/mol. The van der Waals surface area contributed by atoms with Crippen molar-refractivity contribution < 1.29 is 14.0 Å². The minimum Gasteiger partial charge on any atom is -0.341 e. The molecule has 25 heavy (non-hydrogen) atoms. The molecule has 1 heterocycles. The summed E-state index contributed by atoms with van der Waals surface area (Å²) in [6.45, 7) is 0.363. The molecule has 0 aliphatic carbocycles. The Bertz CT molecular complexity index is 749. The van der Waals surface area contributed by atoms with Crippen LogP contribution in [0.3, 0.4) is 0 Å². The molecule has 2 atom stereocenters. The van der Waals surface area contributed by atoms with E-state index >= 15 is 0 Å². The molecule has 0 unspecified atom stereocenters. The number of β-lactam (4-membered cyclic amide) rings is 1. The number of aryl methyl sites for hydroxylation is 1. The van der Waals surface area contributed by atoms with Gasteiger partial charge in [0.05, 0.1) is 12.6 Å². The van der Waals surface area contributed by atoms with Crippen molar-refractivity contribution in [3.63, 3.8) is 0 Å². The molecule has 2 aromatic carbocycles. The van der Waals surface area contributed by atoms with E-state index in [2.05, 4.69) is 5.32 Å². The molecule has 0 radical (unpaired) electrons. The Balaban J connectivity index is 1.47. The zero-order valence-corrected chi connectivity index (χ0v) is 13.7. The van der Waals surface area contributed by atoms with Gasteiger partial charge in [-0.05, 0) is 42.7 Å². The highest BCUT2D eigenvalue weighted by molar-refractivity contribution is 6.06. The number of anilines is 1. The summed E-state index contributed by atoms with van der Waals surface area (Å²) in [5.41, 5.74) is 7.66. The minimum absolute atomic E-state index is 0.213. The maximum Gasteiger partial charge on any atom is 0.251 e. The van der Waals surface area contributed by atoms with E-state index in [9.17, 15) is 14.0 Å². The normalized spacial score (nSPS) is 17.8. The molecule has 0 bridgehead atoms. The summed E-state index contributed by atoms with van der Waals surface area (Å²) in [5.74, 6) is -0.894. The van der Waals surface area contributed by atoms with Gasteiger partial charge in [0.2, 0.25) is 5.91 Å². The highest BCUT2D eigenvalue weighted by atomic mass is 19.1. The number of carbonyl (C=O) groups excluding carboxylic acids is 2. The highest BCUT2D eigenvalue weighted by Gasteiger charge is 2.39. The molecular formula is C19H20FN3O2. The number of rotatable bonds is 6. The second-order valence-electron chi connectivity index (χ2n) is 6.12. The molecule has 0 saturated carbocycles. The number of halogens is 1. The fourth-order valence-corrected chi connectivity index (χ4v) is 2.76. The van der Waals surface area contributed by atoms with Crippen LogP contribution in [0.4, 0.5) is 10.1 Å². The summed E-state index contributed by atoms with van der Waals surface area (Å²) >= 11 is 0. The zero-order valence-electron chi connectivity index (χ0n) is 13.7. The topological polar surface area (TPSA) is 75.4 Å². The molecule has 3 N–H and O–H groups in total. The van der Waals surface area contributed by atoms with Gasteiger partial charge in [0, 0.05) is 5.69 Å². The summed E-state index contributed by atoms with van der Waals surface area (Å²) in [4.78, 5) is 25.8. The summed E-state index contributed by atoms with van der Waals surface area (Å²) in [7, 11) is 0. The first-order valence-electron chi connectivity index (χ1n) is 8.21. The fourth-order valence-electron chi connectivity index (χ4n) is 2.76. The van der Waals surface area contributed by atoms with Gasteiger partial charge >= 0.3 is 0 Å². The third-order valence-corrected chi connectivity index (χ3v) is 4.31. The Morgan fingerprint density at radius 3 is 2.52 bits per heavy atom. The van der Waals surface area contributed by atoms with Crippen LogP contribution in [-0.4, -0.2) is 30.4 Å². The van der Waals surface area contributed by atoms with Gasteiger partial charge in [0.25, 0.3) is 5.91 Å². The van der Waals surface area contributed by atoms with Crippen LogP contribution in [0.2, 0.25) is 0 Å². The molecular weight excluding hydrogens is 321 g/mol. The molecule has 0 spiro atoms. The third kappa shape index (κ3) is 4.03. The number of hydrogen-bond acceptors (Lipinski definition) is 3. The largest absolute Gasteiger partial charge is 0.341 e. The van der Waals surface area contributed by atoms with E-state index in [0.29, 0.717) is 25.1 Å². The van der Waals surface area contributed by atoms with Crippen LogP contribution >= 0.6 is 0 Å². The number of nitrogens with one attached hydrogen (secondary N) is 1. The molecule has 3 rings (SSSR count). The lowest BCUT2D eigenvalue weighted by Crippen LogP contribution is -2.65. The average Bonchev–Trinajstić information content (AvgIpc) is 2.64. The van der Waals surface area contributed by atoms with Gasteiger partial charge < -0.3 is 16.0 Å². The number of nitrogens with zero attached hydrogens (tertiary/aromatic N) is 1. The SMILES string of the molecule is N[C@@H](CCc1ccccc1)C(=O)N[C@@H]1CN(c2ccc(F)cc2)C1=O. The maximum atomic E-state index is 12.9. The monoisotopic (exact) mass is 341 g/mol. The van der Waals surface area contributed by atoms with Crippen molar-refractivity contribution in [1.29, 1.82) is 0 Å². The number of benzene rings is 2. The lowest BCUT2D eigenvalue weighted by atomic mass is 10.0. The highest BCUT2D eigenvalue weighted by Crippen LogP contribution is 2.22. The van der Waals surface area contributed by atoms with Crippen LogP contribution in [0, 0.1) is 5.82 Å². The predicted octanol–water partition coefficient (Wildman–Crippen LogP) is 1.62. The second kappa shape index (κ2) is 7.44. The lowest BCUT2D eigenvalue weighted by molar-refractivity contribution is -0.131. The zero-order chi connectivity index (χ0) is 17.8. The second-order valence-corrected chi connectivity index (χ2v) is 6.12. The van der Waals surface area contributed by atoms with Gasteiger partial charge in [-0.15, -0.1) is 0 Å². The van der Waals surface area contributed by atoms with Gasteiger partial charge in [-0.2, -0.15) is 0 Å². The maximum absolute atomic E-state index is 12.9. The van der Waals surface area contributed by atoms with Gasteiger partial charge in [0.15, 0.2) is 0 Å². The van der Waals surface area contributed by atoms with Gasteiger partial charge in [-0.25, -0.2) is 4.39 Å². The molecule has 5 nitrogen and oxygen atoms in total. The fraction of sp³-hybridized carbons (Fsp3) is 0.263. The van der Waals surface area contributed by atoms with E-state index in [-0.39, 0.29) is 17.6 Å². The number of amides is 2. The molecule has 130 valence electrons. The molecule has 0 aromatic heterocycles. The van der Waals surface area contributed by atoms with Crippen LogP contribution < -0.4 is 16.0 Å². The van der Waals surface area contributed by atoms with E-state index in [1.165, 1.54) is 29.2 Å². The van der Waals surface area contributed by atoms with Crippen LogP contribution in [-0.2, 0) is 16.0 Å². The van der Waals surface area contributed by atoms with Crippen LogP contribution in [0.25, 0.3) is 0 Å². The molecule has 2 aromatic rings. The first kappa shape index (κ1) is 17.1. The Labute approximate surface area is 145 Å². The van der Waals surface area contributed by atoms with Crippen molar-refractivity contribution in [2.75, 3.05) is 11.4 Å². The third-order valence-electron chi connectivity index (χ3n) is 4.31. The smallest absolute Gasteiger partial charge is 0.251 e. The van der Waals surface area contributed by atoms with Gasteiger partial charge in [0.1, 0.15) is 11.9 Å². The summed E-state index contributed by atoms with van der Waals surface area (Å²) in [6.07, 6.45) is 1.22. The lowest BCUT2D eigenvalue weighted by Gasteiger charge is -2.39.